The molecule has 0 saturated heterocycles. The van der Waals surface area contributed by atoms with E-state index in [2.05, 4.69) is 22.2 Å². The molecule has 1 aliphatic heterocycles. The van der Waals surface area contributed by atoms with E-state index in [-0.39, 0.29) is 15.8 Å². The van der Waals surface area contributed by atoms with Crippen LogP contribution in [0.5, 0.6) is 0 Å². The molecule has 2 bridgehead atoms. The minimum Gasteiger partial charge on any atom is -0.368 e. The summed E-state index contributed by atoms with van der Waals surface area (Å²) >= 11 is 5.98. The van der Waals surface area contributed by atoms with Gasteiger partial charge in [-0.25, -0.2) is 22.0 Å². The second kappa shape index (κ2) is 5.18. The van der Waals surface area contributed by atoms with Crippen LogP contribution in [-0.2, 0) is 20.0 Å². The molecule has 7 nitrogen and oxygen atoms in total. The molecule has 0 amide bonds. The fourth-order valence-electron chi connectivity index (χ4n) is 3.92. The van der Waals surface area contributed by atoms with E-state index in [0.717, 1.165) is 18.9 Å². The molecule has 4 N–H and O–H groups in total. The lowest BCUT2D eigenvalue weighted by molar-refractivity contribution is 0.363. The summed E-state index contributed by atoms with van der Waals surface area (Å²) in [5, 5.41) is 8.14. The van der Waals surface area contributed by atoms with Crippen molar-refractivity contribution in [3.63, 3.8) is 0 Å². The zero-order chi connectivity index (χ0) is 17.3. The molecular weight excluding hydrogens is 374 g/mol. The lowest BCUT2D eigenvalue weighted by Gasteiger charge is -2.35. The first kappa shape index (κ1) is 16.3. The molecule has 130 valence electrons. The number of allylic oxidation sites excluding steroid dienone is 2. The van der Waals surface area contributed by atoms with Crippen molar-refractivity contribution in [1.82, 2.24) is 4.72 Å². The van der Waals surface area contributed by atoms with Crippen LogP contribution in [0.4, 0.5) is 5.69 Å². The summed E-state index contributed by atoms with van der Waals surface area (Å²) in [5.41, 5.74) is 0.294. The van der Waals surface area contributed by atoms with Gasteiger partial charge < -0.3 is 5.32 Å². The summed E-state index contributed by atoms with van der Waals surface area (Å²) in [6.07, 6.45) is 5.84. The zero-order valence-electron chi connectivity index (χ0n) is 12.4. The van der Waals surface area contributed by atoms with Crippen LogP contribution < -0.4 is 15.2 Å². The molecule has 4 atom stereocenters. The Balaban J connectivity index is 1.76. The molecule has 24 heavy (non-hydrogen) atoms. The van der Waals surface area contributed by atoms with Crippen molar-refractivity contribution in [1.29, 1.82) is 0 Å². The van der Waals surface area contributed by atoms with E-state index in [9.17, 15) is 16.8 Å². The van der Waals surface area contributed by atoms with Crippen LogP contribution >= 0.6 is 11.6 Å². The van der Waals surface area contributed by atoms with E-state index in [1.54, 1.807) is 0 Å². The number of benzene rings is 1. The van der Waals surface area contributed by atoms with Gasteiger partial charge >= 0.3 is 0 Å². The van der Waals surface area contributed by atoms with Gasteiger partial charge in [-0.15, -0.1) is 0 Å². The van der Waals surface area contributed by atoms with Crippen molar-refractivity contribution in [2.45, 2.75) is 28.8 Å². The van der Waals surface area contributed by atoms with Gasteiger partial charge in [-0.2, -0.15) is 4.72 Å². The van der Waals surface area contributed by atoms with E-state index < -0.39 is 31.1 Å². The maximum Gasteiger partial charge on any atom is 0.244 e. The lowest BCUT2D eigenvalue weighted by Crippen LogP contribution is -2.50. The number of nitrogens with two attached hydrogens (primary N) is 1. The van der Waals surface area contributed by atoms with Gasteiger partial charge in [0.25, 0.3) is 0 Å². The Morgan fingerprint density at radius 1 is 1.21 bits per heavy atom. The van der Waals surface area contributed by atoms with Crippen molar-refractivity contribution in [2.24, 2.45) is 22.9 Å². The Morgan fingerprint density at radius 2 is 1.96 bits per heavy atom. The second-order valence-corrected chi connectivity index (χ2v) is 10.1. The van der Waals surface area contributed by atoms with E-state index >= 15 is 0 Å². The summed E-state index contributed by atoms with van der Waals surface area (Å²) in [6, 6.07) is 2.31. The van der Waals surface area contributed by atoms with Gasteiger partial charge in [-0.05, 0) is 36.8 Å². The van der Waals surface area contributed by atoms with Crippen LogP contribution in [0.3, 0.4) is 0 Å². The molecule has 2 aliphatic carbocycles. The summed E-state index contributed by atoms with van der Waals surface area (Å²) < 4.78 is 50.9. The van der Waals surface area contributed by atoms with Crippen LogP contribution in [0, 0.1) is 17.8 Å². The molecular formula is C14H16ClN3O4S2. The van der Waals surface area contributed by atoms with Gasteiger partial charge in [0, 0.05) is 5.92 Å². The fraction of sp³-hybridized carbons (Fsp3) is 0.429. The highest BCUT2D eigenvalue weighted by Crippen LogP contribution is 2.46. The molecule has 3 aliphatic rings. The minimum absolute atomic E-state index is 0.104. The quantitative estimate of drug-likeness (QED) is 0.657. The van der Waals surface area contributed by atoms with Crippen LogP contribution in [0.25, 0.3) is 0 Å². The standard InChI is InChI=1S/C14H16ClN3O4S2/c15-10-5-11-13(6-12(10)23(16,19)20)24(21,22)18-14(17-11)9-4-7-1-2-8(9)3-7/h1-2,5-9,14,17-18H,3-4H2,(H2,16,19,20)/t7-,8+,9+,14+/m0/s1. The molecule has 10 heteroatoms. The Labute approximate surface area is 145 Å². The van der Waals surface area contributed by atoms with E-state index in [4.69, 9.17) is 16.7 Å². The topological polar surface area (TPSA) is 118 Å². The first-order valence-electron chi connectivity index (χ1n) is 7.49. The average Bonchev–Trinajstić information content (AvgIpc) is 3.06. The molecule has 4 rings (SSSR count). The van der Waals surface area contributed by atoms with Crippen LogP contribution in [-0.4, -0.2) is 23.0 Å². The van der Waals surface area contributed by atoms with Crippen LogP contribution in [0.1, 0.15) is 12.8 Å². The normalized spacial score (nSPS) is 33.2. The number of hydrogen-bond donors (Lipinski definition) is 3. The van der Waals surface area contributed by atoms with Crippen molar-refractivity contribution in [2.75, 3.05) is 5.32 Å². The Morgan fingerprint density at radius 3 is 2.54 bits per heavy atom. The number of halogens is 1. The SMILES string of the molecule is NS(=O)(=O)c1cc2c(cc1Cl)N[C@@H]([C@@H]1C[C@H]3C=C[C@@H]1C3)NS2(=O)=O. The number of fused-ring (bicyclic) bond motifs is 3. The first-order chi connectivity index (χ1) is 11.1. The first-order valence-corrected chi connectivity index (χ1v) is 10.9. The van der Waals surface area contributed by atoms with Gasteiger partial charge in [0.05, 0.1) is 16.9 Å². The highest BCUT2D eigenvalue weighted by atomic mass is 35.5. The predicted molar refractivity (Wildman–Crippen MR) is 89.4 cm³/mol. The number of hydrogen-bond acceptors (Lipinski definition) is 5. The molecule has 0 radical (unpaired) electrons. The van der Waals surface area contributed by atoms with Gasteiger partial charge in [-0.1, -0.05) is 23.8 Å². The van der Waals surface area contributed by atoms with E-state index in [0.29, 0.717) is 17.5 Å². The monoisotopic (exact) mass is 389 g/mol. The van der Waals surface area contributed by atoms with Gasteiger partial charge in [-0.3, -0.25) is 0 Å². The van der Waals surface area contributed by atoms with E-state index in [1.807, 2.05) is 0 Å². The molecule has 1 fully saturated rings. The average molecular weight is 390 g/mol. The van der Waals surface area contributed by atoms with Crippen LogP contribution in [0.2, 0.25) is 5.02 Å². The smallest absolute Gasteiger partial charge is 0.244 e. The number of primary sulfonamides is 1. The molecule has 1 aromatic carbocycles. The zero-order valence-corrected chi connectivity index (χ0v) is 14.8. The molecule has 0 aromatic heterocycles. The molecule has 1 saturated carbocycles. The van der Waals surface area contributed by atoms with Crippen molar-refractivity contribution in [3.05, 3.63) is 29.3 Å². The highest BCUT2D eigenvalue weighted by Gasteiger charge is 2.44. The summed E-state index contributed by atoms with van der Waals surface area (Å²) in [4.78, 5) is -0.567. The van der Waals surface area contributed by atoms with E-state index in [1.165, 1.54) is 6.07 Å². The Hall–Kier alpha value is -1.13. The van der Waals surface area contributed by atoms with Crippen molar-refractivity contribution in [3.8, 4) is 0 Å². The van der Waals surface area contributed by atoms with Crippen molar-refractivity contribution < 1.29 is 16.8 Å². The predicted octanol–water partition coefficient (Wildman–Crippen LogP) is 1.23. The maximum atomic E-state index is 12.6. The third-order valence-corrected chi connectivity index (χ3v) is 7.84. The lowest BCUT2D eigenvalue weighted by atomic mass is 9.91. The Kier molecular flexibility index (Phi) is 3.53. The number of sulfonamides is 2. The van der Waals surface area contributed by atoms with Crippen molar-refractivity contribution >= 4 is 37.3 Å². The largest absolute Gasteiger partial charge is 0.368 e. The third kappa shape index (κ3) is 2.55. The molecule has 1 heterocycles. The summed E-state index contributed by atoms with van der Waals surface area (Å²) in [7, 11) is -7.97. The summed E-state index contributed by atoms with van der Waals surface area (Å²) in [5.74, 6) is 0.997. The second-order valence-electron chi connectivity index (χ2n) is 6.51. The van der Waals surface area contributed by atoms with Gasteiger partial charge in [0.1, 0.15) is 9.79 Å². The molecule has 1 aromatic rings. The van der Waals surface area contributed by atoms with Gasteiger partial charge in [0.15, 0.2) is 0 Å². The third-order valence-electron chi connectivity index (χ3n) is 4.98. The number of anilines is 1. The fourth-order valence-corrected chi connectivity index (χ4v) is 6.47. The minimum atomic E-state index is -4.11. The van der Waals surface area contributed by atoms with Crippen LogP contribution in [0.15, 0.2) is 34.1 Å². The number of nitrogens with one attached hydrogen (secondary N) is 2. The molecule has 0 spiro atoms. The maximum absolute atomic E-state index is 12.6. The van der Waals surface area contributed by atoms with Gasteiger partial charge in [0.2, 0.25) is 20.0 Å². The number of rotatable bonds is 2. The Bertz CT molecular complexity index is 958. The highest BCUT2D eigenvalue weighted by molar-refractivity contribution is 7.90. The molecule has 0 unspecified atom stereocenters. The summed E-state index contributed by atoms with van der Waals surface area (Å²) in [6.45, 7) is 0.